The minimum Gasteiger partial charge on any atom is -0.371 e. The fourth-order valence-electron chi connectivity index (χ4n) is 2.08. The molecule has 7 heteroatoms. The first kappa shape index (κ1) is 14.0. The monoisotopic (exact) mass is 290 g/mol. The third kappa shape index (κ3) is 3.79. The van der Waals surface area contributed by atoms with Gasteiger partial charge in [-0.2, -0.15) is 13.2 Å². The van der Waals surface area contributed by atoms with Gasteiger partial charge in [0.1, 0.15) is 0 Å². The standard InChI is InChI=1S/C12H13F3N2OS/c13-12(14,15)19-10-6-8(11(16)18)5-9(7-10)17-3-1-2-4-17/h5-7H,1-4H2,(H2,16,18). The number of carbonyl (C=O) groups excluding carboxylic acids is 1. The summed E-state index contributed by atoms with van der Waals surface area (Å²) in [7, 11) is 0. The van der Waals surface area contributed by atoms with Crippen LogP contribution in [0.4, 0.5) is 18.9 Å². The maximum atomic E-state index is 12.4. The Morgan fingerprint density at radius 3 is 2.37 bits per heavy atom. The first-order valence-corrected chi connectivity index (χ1v) is 6.62. The van der Waals surface area contributed by atoms with Crippen LogP contribution in [0.2, 0.25) is 0 Å². The van der Waals surface area contributed by atoms with Crippen molar-refractivity contribution >= 4 is 23.4 Å². The van der Waals surface area contributed by atoms with Gasteiger partial charge in [0.15, 0.2) is 0 Å². The van der Waals surface area contributed by atoms with Gasteiger partial charge in [-0.15, -0.1) is 0 Å². The van der Waals surface area contributed by atoms with E-state index in [1.165, 1.54) is 12.1 Å². The number of hydrogen-bond donors (Lipinski definition) is 1. The van der Waals surface area contributed by atoms with Gasteiger partial charge in [0.05, 0.1) is 0 Å². The van der Waals surface area contributed by atoms with E-state index in [1.54, 1.807) is 6.07 Å². The van der Waals surface area contributed by atoms with Crippen molar-refractivity contribution in [1.29, 1.82) is 0 Å². The van der Waals surface area contributed by atoms with Gasteiger partial charge in [-0.25, -0.2) is 0 Å². The molecule has 1 aliphatic heterocycles. The average Bonchev–Trinajstić information content (AvgIpc) is 2.79. The molecule has 1 fully saturated rings. The summed E-state index contributed by atoms with van der Waals surface area (Å²) >= 11 is -0.229. The molecule has 1 amide bonds. The number of nitrogens with zero attached hydrogens (tertiary/aromatic N) is 1. The van der Waals surface area contributed by atoms with E-state index in [0.29, 0.717) is 5.69 Å². The Morgan fingerprint density at radius 2 is 1.84 bits per heavy atom. The van der Waals surface area contributed by atoms with Crippen molar-refractivity contribution in [2.45, 2.75) is 23.2 Å². The van der Waals surface area contributed by atoms with Gasteiger partial charge in [-0.3, -0.25) is 4.79 Å². The van der Waals surface area contributed by atoms with E-state index in [2.05, 4.69) is 0 Å². The fourth-order valence-corrected chi connectivity index (χ4v) is 2.71. The summed E-state index contributed by atoms with van der Waals surface area (Å²) in [6.45, 7) is 1.58. The highest BCUT2D eigenvalue weighted by atomic mass is 32.2. The van der Waals surface area contributed by atoms with Crippen LogP contribution in [0.3, 0.4) is 0 Å². The number of halogens is 3. The predicted molar refractivity (Wildman–Crippen MR) is 68.3 cm³/mol. The topological polar surface area (TPSA) is 46.3 Å². The van der Waals surface area contributed by atoms with Gasteiger partial charge in [-0.1, -0.05) is 0 Å². The molecule has 104 valence electrons. The van der Waals surface area contributed by atoms with Crippen molar-refractivity contribution in [3.05, 3.63) is 23.8 Å². The van der Waals surface area contributed by atoms with Crippen LogP contribution in [0.1, 0.15) is 23.2 Å². The Balaban J connectivity index is 2.34. The van der Waals surface area contributed by atoms with Crippen LogP contribution in [-0.4, -0.2) is 24.5 Å². The summed E-state index contributed by atoms with van der Waals surface area (Å²) in [6, 6.07) is 4.18. The van der Waals surface area contributed by atoms with Gasteiger partial charge in [0.25, 0.3) is 0 Å². The first-order chi connectivity index (χ1) is 8.85. The van der Waals surface area contributed by atoms with Crippen molar-refractivity contribution in [1.82, 2.24) is 0 Å². The lowest BCUT2D eigenvalue weighted by atomic mass is 10.2. The highest BCUT2D eigenvalue weighted by molar-refractivity contribution is 8.00. The van der Waals surface area contributed by atoms with E-state index < -0.39 is 11.4 Å². The normalized spacial score (nSPS) is 15.8. The molecule has 0 spiro atoms. The number of benzene rings is 1. The summed E-state index contributed by atoms with van der Waals surface area (Å²) in [5.41, 5.74) is 1.52. The number of amides is 1. The molecular formula is C12H13F3N2OS. The summed E-state index contributed by atoms with van der Waals surface area (Å²) in [6.07, 6.45) is 2.01. The zero-order valence-electron chi connectivity index (χ0n) is 10.0. The van der Waals surface area contributed by atoms with E-state index in [4.69, 9.17) is 5.73 Å². The molecule has 1 aliphatic rings. The minimum absolute atomic E-state index is 0.00861. The number of alkyl halides is 3. The largest absolute Gasteiger partial charge is 0.446 e. The van der Waals surface area contributed by atoms with Gasteiger partial charge in [-0.05, 0) is 42.8 Å². The van der Waals surface area contributed by atoms with Crippen molar-refractivity contribution < 1.29 is 18.0 Å². The molecule has 0 bridgehead atoms. The maximum absolute atomic E-state index is 12.4. The number of nitrogens with two attached hydrogens (primary N) is 1. The van der Waals surface area contributed by atoms with Crippen molar-refractivity contribution in [3.8, 4) is 0 Å². The lowest BCUT2D eigenvalue weighted by molar-refractivity contribution is -0.0328. The van der Waals surface area contributed by atoms with Crippen LogP contribution in [0.15, 0.2) is 23.1 Å². The molecule has 0 saturated carbocycles. The summed E-state index contributed by atoms with van der Waals surface area (Å²) in [5, 5.41) is 0. The van der Waals surface area contributed by atoms with Crippen LogP contribution < -0.4 is 10.6 Å². The summed E-state index contributed by atoms with van der Waals surface area (Å²) in [5.74, 6) is -0.718. The molecule has 0 unspecified atom stereocenters. The van der Waals surface area contributed by atoms with E-state index in [-0.39, 0.29) is 22.2 Å². The molecule has 2 rings (SSSR count). The molecule has 0 radical (unpaired) electrons. The Morgan fingerprint density at radius 1 is 1.21 bits per heavy atom. The van der Waals surface area contributed by atoms with Gasteiger partial charge in [0, 0.05) is 29.2 Å². The minimum atomic E-state index is -4.38. The van der Waals surface area contributed by atoms with E-state index in [1.807, 2.05) is 4.90 Å². The zero-order valence-corrected chi connectivity index (χ0v) is 10.9. The number of hydrogen-bond acceptors (Lipinski definition) is 3. The van der Waals surface area contributed by atoms with Gasteiger partial charge < -0.3 is 10.6 Å². The number of thioether (sulfide) groups is 1. The quantitative estimate of drug-likeness (QED) is 0.870. The smallest absolute Gasteiger partial charge is 0.371 e. The molecule has 2 N–H and O–H groups in total. The van der Waals surface area contributed by atoms with Crippen LogP contribution in [0.5, 0.6) is 0 Å². The lowest BCUT2D eigenvalue weighted by Crippen LogP contribution is -2.19. The second-order valence-electron chi connectivity index (χ2n) is 4.32. The fraction of sp³-hybridized carbons (Fsp3) is 0.417. The molecule has 19 heavy (non-hydrogen) atoms. The average molecular weight is 290 g/mol. The molecule has 0 atom stereocenters. The van der Waals surface area contributed by atoms with Crippen LogP contribution >= 0.6 is 11.8 Å². The third-order valence-electron chi connectivity index (χ3n) is 2.88. The van der Waals surface area contributed by atoms with E-state index >= 15 is 0 Å². The van der Waals surface area contributed by atoms with E-state index in [9.17, 15) is 18.0 Å². The zero-order chi connectivity index (χ0) is 14.0. The highest BCUT2D eigenvalue weighted by Crippen LogP contribution is 2.39. The Bertz CT molecular complexity index is 484. The summed E-state index contributed by atoms with van der Waals surface area (Å²) < 4.78 is 37.2. The number of carbonyl (C=O) groups is 1. The van der Waals surface area contributed by atoms with Crippen LogP contribution in [0.25, 0.3) is 0 Å². The number of primary amides is 1. The molecule has 3 nitrogen and oxygen atoms in total. The number of anilines is 1. The van der Waals surface area contributed by atoms with Crippen molar-refractivity contribution in [2.75, 3.05) is 18.0 Å². The molecule has 1 saturated heterocycles. The molecule has 0 aliphatic carbocycles. The van der Waals surface area contributed by atoms with Crippen molar-refractivity contribution in [3.63, 3.8) is 0 Å². The molecular weight excluding hydrogens is 277 g/mol. The Hall–Kier alpha value is -1.37. The SMILES string of the molecule is NC(=O)c1cc(SC(F)(F)F)cc(N2CCCC2)c1. The molecule has 0 aromatic heterocycles. The Labute approximate surface area is 112 Å². The second kappa shape index (κ2) is 5.32. The van der Waals surface area contributed by atoms with Crippen LogP contribution in [0, 0.1) is 0 Å². The molecule has 1 aromatic rings. The maximum Gasteiger partial charge on any atom is 0.446 e. The Kier molecular flexibility index (Phi) is 3.93. The highest BCUT2D eigenvalue weighted by Gasteiger charge is 2.30. The lowest BCUT2D eigenvalue weighted by Gasteiger charge is -2.19. The van der Waals surface area contributed by atoms with Crippen molar-refractivity contribution in [2.24, 2.45) is 5.73 Å². The predicted octanol–water partition coefficient (Wildman–Crippen LogP) is 3.00. The van der Waals surface area contributed by atoms with E-state index in [0.717, 1.165) is 25.9 Å². The van der Waals surface area contributed by atoms with Gasteiger partial charge in [0.2, 0.25) is 5.91 Å². The second-order valence-corrected chi connectivity index (χ2v) is 5.46. The molecule has 1 heterocycles. The van der Waals surface area contributed by atoms with Crippen LogP contribution in [-0.2, 0) is 0 Å². The number of rotatable bonds is 3. The third-order valence-corrected chi connectivity index (χ3v) is 3.58. The van der Waals surface area contributed by atoms with Gasteiger partial charge >= 0.3 is 5.51 Å². The molecule has 1 aromatic carbocycles. The summed E-state index contributed by atoms with van der Waals surface area (Å²) in [4.78, 5) is 13.2. The first-order valence-electron chi connectivity index (χ1n) is 5.81.